The fourth-order valence-corrected chi connectivity index (χ4v) is 2.34. The van der Waals surface area contributed by atoms with Crippen molar-refractivity contribution in [3.05, 3.63) is 53.9 Å². The van der Waals surface area contributed by atoms with Crippen LogP contribution in [0, 0.1) is 13.8 Å². The summed E-state index contributed by atoms with van der Waals surface area (Å²) in [7, 11) is 0. The van der Waals surface area contributed by atoms with E-state index in [1.54, 1.807) is 6.20 Å². The van der Waals surface area contributed by atoms with Gasteiger partial charge in [0.15, 0.2) is 0 Å². The van der Waals surface area contributed by atoms with Crippen LogP contribution in [-0.2, 0) is 0 Å². The molecule has 2 N–H and O–H groups in total. The molecule has 0 fully saturated rings. The Hall–Kier alpha value is -2.42. The third-order valence-corrected chi connectivity index (χ3v) is 3.31. The monoisotopic (exact) mass is 249 g/mol. The Balaban J connectivity index is 2.24. The third kappa shape index (κ3) is 2.03. The summed E-state index contributed by atoms with van der Waals surface area (Å²) in [6.07, 6.45) is 1.74. The van der Waals surface area contributed by atoms with Crippen LogP contribution < -0.4 is 5.73 Å². The molecule has 0 aliphatic heterocycles. The maximum absolute atomic E-state index is 5.99. The lowest BCUT2D eigenvalue weighted by Gasteiger charge is -2.09. The van der Waals surface area contributed by atoms with Gasteiger partial charge in [-0.25, -0.2) is 4.98 Å². The van der Waals surface area contributed by atoms with Gasteiger partial charge in [0.2, 0.25) is 0 Å². The molecule has 2 aromatic heterocycles. The maximum atomic E-state index is 5.99. The van der Waals surface area contributed by atoms with Gasteiger partial charge in [0, 0.05) is 22.8 Å². The molecule has 0 aliphatic carbocycles. The van der Waals surface area contributed by atoms with E-state index in [1.807, 2.05) is 32.0 Å². The van der Waals surface area contributed by atoms with E-state index in [1.165, 1.54) is 0 Å². The molecule has 0 spiro atoms. The Bertz CT molecular complexity index is 743. The summed E-state index contributed by atoms with van der Waals surface area (Å²) in [6.45, 7) is 4.04. The smallest absolute Gasteiger partial charge is 0.131 e. The zero-order valence-electron chi connectivity index (χ0n) is 11.0. The van der Waals surface area contributed by atoms with Gasteiger partial charge in [-0.15, -0.1) is 0 Å². The molecule has 0 saturated heterocycles. The van der Waals surface area contributed by atoms with E-state index in [0.717, 1.165) is 33.3 Å². The van der Waals surface area contributed by atoms with Crippen LogP contribution in [0.15, 0.2) is 42.6 Å². The number of nitrogens with two attached hydrogens (primary N) is 1. The van der Waals surface area contributed by atoms with Crippen LogP contribution in [0.4, 0.5) is 5.82 Å². The van der Waals surface area contributed by atoms with Crippen LogP contribution in [0.3, 0.4) is 0 Å². The third-order valence-electron chi connectivity index (χ3n) is 3.31. The van der Waals surface area contributed by atoms with Gasteiger partial charge in [0.1, 0.15) is 5.82 Å². The molecule has 0 unspecified atom stereocenters. The summed E-state index contributed by atoms with van der Waals surface area (Å²) >= 11 is 0. The van der Waals surface area contributed by atoms with Crippen molar-refractivity contribution in [1.82, 2.24) is 9.97 Å². The zero-order chi connectivity index (χ0) is 13.4. The summed E-state index contributed by atoms with van der Waals surface area (Å²) in [4.78, 5) is 8.68. The quantitative estimate of drug-likeness (QED) is 0.718. The lowest BCUT2D eigenvalue weighted by Crippen LogP contribution is -1.96. The highest BCUT2D eigenvalue weighted by Gasteiger charge is 2.08. The van der Waals surface area contributed by atoms with Crippen molar-refractivity contribution in [1.29, 1.82) is 0 Å². The SMILES string of the molecule is Cc1ccc2cc(-c3c(C)ccnc3N)ccc2n1. The minimum atomic E-state index is 0.569. The molecule has 1 aromatic carbocycles. The first-order valence-corrected chi connectivity index (χ1v) is 6.24. The van der Waals surface area contributed by atoms with Gasteiger partial charge in [-0.1, -0.05) is 12.1 Å². The molecule has 0 saturated carbocycles. The number of aryl methyl sites for hydroxylation is 2. The van der Waals surface area contributed by atoms with Crippen LogP contribution in [-0.4, -0.2) is 9.97 Å². The molecular formula is C16H15N3. The lowest BCUT2D eigenvalue weighted by atomic mass is 10.00. The summed E-state index contributed by atoms with van der Waals surface area (Å²) in [5.74, 6) is 0.569. The number of anilines is 1. The van der Waals surface area contributed by atoms with Gasteiger partial charge in [0.25, 0.3) is 0 Å². The molecule has 3 heteroatoms. The van der Waals surface area contributed by atoms with E-state index < -0.39 is 0 Å². The van der Waals surface area contributed by atoms with Gasteiger partial charge < -0.3 is 5.73 Å². The van der Waals surface area contributed by atoms with Gasteiger partial charge in [-0.2, -0.15) is 0 Å². The number of hydrogen-bond donors (Lipinski definition) is 1. The van der Waals surface area contributed by atoms with Crippen LogP contribution in [0.25, 0.3) is 22.0 Å². The maximum Gasteiger partial charge on any atom is 0.131 e. The summed E-state index contributed by atoms with van der Waals surface area (Å²) in [5, 5.41) is 1.12. The normalized spacial score (nSPS) is 10.8. The fourth-order valence-electron chi connectivity index (χ4n) is 2.34. The van der Waals surface area contributed by atoms with Crippen molar-refractivity contribution in [2.24, 2.45) is 0 Å². The Kier molecular flexibility index (Phi) is 2.67. The number of fused-ring (bicyclic) bond motifs is 1. The van der Waals surface area contributed by atoms with E-state index in [9.17, 15) is 0 Å². The molecule has 3 aromatic rings. The van der Waals surface area contributed by atoms with Crippen molar-refractivity contribution in [3.8, 4) is 11.1 Å². The second-order valence-corrected chi connectivity index (χ2v) is 4.75. The highest BCUT2D eigenvalue weighted by molar-refractivity contribution is 5.87. The minimum absolute atomic E-state index is 0.569. The van der Waals surface area contributed by atoms with Gasteiger partial charge >= 0.3 is 0 Å². The summed E-state index contributed by atoms with van der Waals surface area (Å²) < 4.78 is 0. The molecule has 94 valence electrons. The highest BCUT2D eigenvalue weighted by atomic mass is 14.8. The van der Waals surface area contributed by atoms with Crippen molar-refractivity contribution in [2.45, 2.75) is 13.8 Å². The largest absolute Gasteiger partial charge is 0.383 e. The molecule has 3 rings (SSSR count). The molecule has 0 bridgehead atoms. The first-order valence-electron chi connectivity index (χ1n) is 6.24. The Morgan fingerprint density at radius 3 is 2.63 bits per heavy atom. The van der Waals surface area contributed by atoms with Gasteiger partial charge in [0.05, 0.1) is 5.52 Å². The van der Waals surface area contributed by atoms with Crippen molar-refractivity contribution < 1.29 is 0 Å². The predicted molar refractivity (Wildman–Crippen MR) is 78.9 cm³/mol. The number of aromatic nitrogens is 2. The second kappa shape index (κ2) is 4.35. The molecule has 0 aliphatic rings. The van der Waals surface area contributed by atoms with Gasteiger partial charge in [-0.05, 0) is 49.2 Å². The highest BCUT2D eigenvalue weighted by Crippen LogP contribution is 2.29. The number of rotatable bonds is 1. The van der Waals surface area contributed by atoms with E-state index in [-0.39, 0.29) is 0 Å². The van der Waals surface area contributed by atoms with Crippen molar-refractivity contribution in [2.75, 3.05) is 5.73 Å². The average Bonchev–Trinajstić information content (AvgIpc) is 2.38. The number of nitrogen functional groups attached to an aromatic ring is 1. The molecule has 0 atom stereocenters. The Morgan fingerprint density at radius 2 is 1.84 bits per heavy atom. The van der Waals surface area contributed by atoms with Crippen LogP contribution >= 0.6 is 0 Å². The van der Waals surface area contributed by atoms with E-state index in [2.05, 4.69) is 28.2 Å². The summed E-state index contributed by atoms with van der Waals surface area (Å²) in [5.41, 5.74) is 11.2. The van der Waals surface area contributed by atoms with Crippen LogP contribution in [0.1, 0.15) is 11.3 Å². The molecule has 19 heavy (non-hydrogen) atoms. The number of benzene rings is 1. The van der Waals surface area contributed by atoms with Crippen LogP contribution in [0.2, 0.25) is 0 Å². The predicted octanol–water partition coefficient (Wildman–Crippen LogP) is 3.50. The topological polar surface area (TPSA) is 51.8 Å². The number of pyridine rings is 2. The molecular weight excluding hydrogens is 234 g/mol. The molecule has 3 nitrogen and oxygen atoms in total. The van der Waals surface area contributed by atoms with E-state index in [0.29, 0.717) is 5.82 Å². The Labute approximate surface area is 112 Å². The van der Waals surface area contributed by atoms with E-state index >= 15 is 0 Å². The minimum Gasteiger partial charge on any atom is -0.383 e. The fraction of sp³-hybridized carbons (Fsp3) is 0.125. The molecule has 0 amide bonds. The van der Waals surface area contributed by atoms with Crippen molar-refractivity contribution >= 4 is 16.7 Å². The Morgan fingerprint density at radius 1 is 1.00 bits per heavy atom. The van der Waals surface area contributed by atoms with Crippen LogP contribution in [0.5, 0.6) is 0 Å². The lowest BCUT2D eigenvalue weighted by molar-refractivity contribution is 1.25. The first kappa shape index (κ1) is 11.7. The standard InChI is InChI=1S/C16H15N3/c1-10-7-8-18-16(17)15(10)13-5-6-14-12(9-13)4-3-11(2)19-14/h3-9H,1-2H3,(H2,17,18). The first-order chi connectivity index (χ1) is 9.15. The molecule has 0 radical (unpaired) electrons. The summed E-state index contributed by atoms with van der Waals surface area (Å²) in [6, 6.07) is 12.3. The van der Waals surface area contributed by atoms with Crippen molar-refractivity contribution in [3.63, 3.8) is 0 Å². The number of nitrogens with zero attached hydrogens (tertiary/aromatic N) is 2. The zero-order valence-corrected chi connectivity index (χ0v) is 11.0. The average molecular weight is 249 g/mol. The molecule has 2 heterocycles. The van der Waals surface area contributed by atoms with E-state index in [4.69, 9.17) is 5.73 Å². The van der Waals surface area contributed by atoms with Gasteiger partial charge in [-0.3, -0.25) is 4.98 Å². The second-order valence-electron chi connectivity index (χ2n) is 4.75. The number of hydrogen-bond acceptors (Lipinski definition) is 3.